The third-order valence-electron chi connectivity index (χ3n) is 3.45. The molecule has 0 aliphatic rings. The minimum atomic E-state index is -0.232. The summed E-state index contributed by atoms with van der Waals surface area (Å²) in [6, 6.07) is 14.0. The fourth-order valence-electron chi connectivity index (χ4n) is 2.31. The van der Waals surface area contributed by atoms with Crippen LogP contribution in [0.25, 0.3) is 0 Å². The second-order valence-electron chi connectivity index (χ2n) is 5.19. The van der Waals surface area contributed by atoms with E-state index in [1.54, 1.807) is 41.6 Å². The Bertz CT molecular complexity index is 820. The first kappa shape index (κ1) is 16.6. The van der Waals surface area contributed by atoms with E-state index >= 15 is 0 Å². The van der Waals surface area contributed by atoms with Gasteiger partial charge >= 0.3 is 0 Å². The van der Waals surface area contributed by atoms with Gasteiger partial charge in [0.1, 0.15) is 5.76 Å². The Morgan fingerprint density at radius 2 is 1.96 bits per heavy atom. The van der Waals surface area contributed by atoms with Crippen molar-refractivity contribution >= 4 is 29.1 Å². The monoisotopic (exact) mass is 360 g/mol. The molecule has 2 aromatic heterocycles. The van der Waals surface area contributed by atoms with Crippen molar-refractivity contribution in [2.75, 3.05) is 0 Å². The van der Waals surface area contributed by atoms with Gasteiger partial charge in [0.15, 0.2) is 0 Å². The predicted octanol–water partition coefficient (Wildman–Crippen LogP) is 4.82. The number of benzene rings is 1. The lowest BCUT2D eigenvalue weighted by atomic mass is 10.2. The summed E-state index contributed by atoms with van der Waals surface area (Å²) in [7, 11) is 0. The van der Waals surface area contributed by atoms with Gasteiger partial charge in [0.25, 0.3) is 5.91 Å². The van der Waals surface area contributed by atoms with Crippen LogP contribution in [0.4, 0.5) is 0 Å². The maximum Gasteiger partial charge on any atom is 0.256 e. The molecular weight excluding hydrogens is 347 g/mol. The number of hydrogen-bond donors (Lipinski definition) is 0. The van der Waals surface area contributed by atoms with E-state index in [0.29, 0.717) is 34.5 Å². The number of pyridine rings is 1. The Hall–Kier alpha value is -2.30. The van der Waals surface area contributed by atoms with Crippen LogP contribution < -0.4 is 0 Å². The summed E-state index contributed by atoms with van der Waals surface area (Å²) in [5, 5.41) is 0.813. The van der Waals surface area contributed by atoms with Crippen LogP contribution in [0.2, 0.25) is 10.0 Å². The number of furan rings is 1. The standard InChI is InChI=1S/C18H14Cl2N2O2/c19-13-6-7-17(20)16(10-13)18(23)22(12-15-5-3-9-24-15)11-14-4-1-2-8-21-14/h1-10H,11-12H2. The zero-order chi connectivity index (χ0) is 16.9. The van der Waals surface area contributed by atoms with Gasteiger partial charge in [0, 0.05) is 11.2 Å². The van der Waals surface area contributed by atoms with Crippen molar-refractivity contribution in [3.8, 4) is 0 Å². The molecule has 1 aromatic carbocycles. The summed E-state index contributed by atoms with van der Waals surface area (Å²) < 4.78 is 5.37. The molecule has 0 atom stereocenters. The number of carbonyl (C=O) groups is 1. The van der Waals surface area contributed by atoms with Crippen LogP contribution in [0.15, 0.2) is 65.4 Å². The second kappa shape index (κ2) is 7.51. The Morgan fingerprint density at radius 1 is 1.08 bits per heavy atom. The zero-order valence-corrected chi connectivity index (χ0v) is 14.2. The van der Waals surface area contributed by atoms with Gasteiger partial charge < -0.3 is 9.32 Å². The van der Waals surface area contributed by atoms with Gasteiger partial charge in [0.2, 0.25) is 0 Å². The summed E-state index contributed by atoms with van der Waals surface area (Å²) in [5.74, 6) is 0.446. The summed E-state index contributed by atoms with van der Waals surface area (Å²) in [6.07, 6.45) is 3.27. The van der Waals surface area contributed by atoms with Crippen molar-refractivity contribution < 1.29 is 9.21 Å². The Balaban J connectivity index is 1.90. The van der Waals surface area contributed by atoms with E-state index < -0.39 is 0 Å². The molecule has 2 heterocycles. The molecule has 3 rings (SSSR count). The van der Waals surface area contributed by atoms with E-state index in [1.165, 1.54) is 0 Å². The normalized spacial score (nSPS) is 10.6. The van der Waals surface area contributed by atoms with Crippen LogP contribution >= 0.6 is 23.2 Å². The highest BCUT2D eigenvalue weighted by molar-refractivity contribution is 6.35. The van der Waals surface area contributed by atoms with Gasteiger partial charge in [-0.3, -0.25) is 9.78 Å². The van der Waals surface area contributed by atoms with Crippen molar-refractivity contribution in [2.24, 2.45) is 0 Å². The molecule has 4 nitrogen and oxygen atoms in total. The first-order chi connectivity index (χ1) is 11.6. The van der Waals surface area contributed by atoms with Crippen LogP contribution in [0.3, 0.4) is 0 Å². The van der Waals surface area contributed by atoms with Crippen molar-refractivity contribution in [2.45, 2.75) is 13.1 Å². The van der Waals surface area contributed by atoms with Crippen molar-refractivity contribution in [1.82, 2.24) is 9.88 Å². The molecule has 0 fully saturated rings. The smallest absolute Gasteiger partial charge is 0.256 e. The average molecular weight is 361 g/mol. The van der Waals surface area contributed by atoms with E-state index in [1.807, 2.05) is 24.3 Å². The molecule has 0 aliphatic heterocycles. The molecule has 0 saturated heterocycles. The van der Waals surface area contributed by atoms with E-state index in [0.717, 1.165) is 5.69 Å². The van der Waals surface area contributed by atoms with Gasteiger partial charge in [-0.25, -0.2) is 0 Å². The molecule has 0 unspecified atom stereocenters. The minimum absolute atomic E-state index is 0.232. The third kappa shape index (κ3) is 3.96. The first-order valence-electron chi connectivity index (χ1n) is 7.30. The zero-order valence-electron chi connectivity index (χ0n) is 12.7. The largest absolute Gasteiger partial charge is 0.467 e. The number of halogens is 2. The fraction of sp³-hybridized carbons (Fsp3) is 0.111. The van der Waals surface area contributed by atoms with Crippen molar-refractivity contribution in [3.63, 3.8) is 0 Å². The van der Waals surface area contributed by atoms with Crippen molar-refractivity contribution in [1.29, 1.82) is 0 Å². The SMILES string of the molecule is O=C(c1cc(Cl)ccc1Cl)N(Cc1ccccn1)Cc1ccco1. The maximum atomic E-state index is 13.0. The van der Waals surface area contributed by atoms with Crippen LogP contribution in [-0.2, 0) is 13.1 Å². The highest BCUT2D eigenvalue weighted by atomic mass is 35.5. The van der Waals surface area contributed by atoms with E-state index in [2.05, 4.69) is 4.98 Å². The molecule has 1 amide bonds. The minimum Gasteiger partial charge on any atom is -0.467 e. The van der Waals surface area contributed by atoms with E-state index in [9.17, 15) is 4.79 Å². The maximum absolute atomic E-state index is 13.0. The van der Waals surface area contributed by atoms with Crippen LogP contribution in [0.5, 0.6) is 0 Å². The topological polar surface area (TPSA) is 46.3 Å². The molecule has 0 aliphatic carbocycles. The molecule has 0 spiro atoms. The lowest BCUT2D eigenvalue weighted by molar-refractivity contribution is 0.0715. The summed E-state index contributed by atoms with van der Waals surface area (Å²) >= 11 is 12.2. The van der Waals surface area contributed by atoms with Gasteiger partial charge in [-0.15, -0.1) is 0 Å². The molecule has 122 valence electrons. The fourth-order valence-corrected chi connectivity index (χ4v) is 2.68. The van der Waals surface area contributed by atoms with Gasteiger partial charge in [0.05, 0.1) is 35.6 Å². The average Bonchev–Trinajstić information content (AvgIpc) is 3.10. The Kier molecular flexibility index (Phi) is 5.18. The number of amides is 1. The summed E-state index contributed by atoms with van der Waals surface area (Å²) in [6.45, 7) is 0.647. The number of hydrogen-bond acceptors (Lipinski definition) is 3. The quantitative estimate of drug-likeness (QED) is 0.654. The number of rotatable bonds is 5. The van der Waals surface area contributed by atoms with Crippen LogP contribution in [-0.4, -0.2) is 15.8 Å². The molecule has 0 radical (unpaired) electrons. The number of aromatic nitrogens is 1. The molecular formula is C18H14Cl2N2O2. The molecule has 0 saturated carbocycles. The Labute approximate surface area is 149 Å². The van der Waals surface area contributed by atoms with Crippen LogP contribution in [0, 0.1) is 0 Å². The molecule has 0 N–H and O–H groups in total. The number of carbonyl (C=O) groups excluding carboxylic acids is 1. The second-order valence-corrected chi connectivity index (χ2v) is 6.03. The number of nitrogens with zero attached hydrogens (tertiary/aromatic N) is 2. The van der Waals surface area contributed by atoms with Gasteiger partial charge in [-0.05, 0) is 42.5 Å². The highest BCUT2D eigenvalue weighted by Gasteiger charge is 2.21. The van der Waals surface area contributed by atoms with Crippen molar-refractivity contribution in [3.05, 3.63) is 88.1 Å². The molecule has 6 heteroatoms. The molecule has 3 aromatic rings. The summed E-state index contributed by atoms with van der Waals surface area (Å²) in [5.41, 5.74) is 1.13. The summed E-state index contributed by atoms with van der Waals surface area (Å²) in [4.78, 5) is 18.9. The highest BCUT2D eigenvalue weighted by Crippen LogP contribution is 2.23. The van der Waals surface area contributed by atoms with Crippen LogP contribution in [0.1, 0.15) is 21.8 Å². The molecule has 24 heavy (non-hydrogen) atoms. The molecule has 0 bridgehead atoms. The first-order valence-corrected chi connectivity index (χ1v) is 8.05. The van der Waals surface area contributed by atoms with E-state index in [4.69, 9.17) is 27.6 Å². The lowest BCUT2D eigenvalue weighted by Crippen LogP contribution is -2.30. The third-order valence-corrected chi connectivity index (χ3v) is 4.02. The van der Waals surface area contributed by atoms with E-state index in [-0.39, 0.29) is 5.91 Å². The van der Waals surface area contributed by atoms with Gasteiger partial charge in [-0.1, -0.05) is 29.3 Å². The predicted molar refractivity (Wildman–Crippen MR) is 93.0 cm³/mol. The van der Waals surface area contributed by atoms with Gasteiger partial charge in [-0.2, -0.15) is 0 Å². The Morgan fingerprint density at radius 3 is 2.67 bits per heavy atom. The lowest BCUT2D eigenvalue weighted by Gasteiger charge is -2.22.